The number of hydrogen-bond acceptors (Lipinski definition) is 4. The van der Waals surface area contributed by atoms with Gasteiger partial charge in [-0.25, -0.2) is 0 Å². The van der Waals surface area contributed by atoms with Crippen LogP contribution in [0.1, 0.15) is 56.2 Å². The van der Waals surface area contributed by atoms with Gasteiger partial charge >= 0.3 is 0 Å². The predicted molar refractivity (Wildman–Crippen MR) is 111 cm³/mol. The van der Waals surface area contributed by atoms with Crippen molar-refractivity contribution in [2.45, 2.75) is 62.5 Å². The highest BCUT2D eigenvalue weighted by Crippen LogP contribution is 2.49. The van der Waals surface area contributed by atoms with Crippen molar-refractivity contribution in [3.05, 3.63) is 50.9 Å². The van der Waals surface area contributed by atoms with Crippen LogP contribution in [-0.4, -0.2) is 23.7 Å². The van der Waals surface area contributed by atoms with Crippen molar-refractivity contribution in [2.24, 2.45) is 0 Å². The molecular formula is C21H27BrN2OS. The Morgan fingerprint density at radius 1 is 1.19 bits per heavy atom. The Morgan fingerprint density at radius 3 is 2.81 bits per heavy atom. The molecule has 0 radical (unpaired) electrons. The molecule has 1 spiro atoms. The molecule has 1 saturated carbocycles. The van der Waals surface area contributed by atoms with E-state index in [-0.39, 0.29) is 11.0 Å². The number of thiophene rings is 1. The Labute approximate surface area is 168 Å². The van der Waals surface area contributed by atoms with Gasteiger partial charge in [0, 0.05) is 40.3 Å². The van der Waals surface area contributed by atoms with Crippen LogP contribution in [0.15, 0.2) is 39.6 Å². The maximum Gasteiger partial charge on any atom is 0.0691 e. The van der Waals surface area contributed by atoms with E-state index >= 15 is 0 Å². The summed E-state index contributed by atoms with van der Waals surface area (Å²) >= 11 is 5.37. The lowest BCUT2D eigenvalue weighted by Gasteiger charge is -2.46. The van der Waals surface area contributed by atoms with Crippen LogP contribution in [0.2, 0.25) is 0 Å². The minimum absolute atomic E-state index is 0.103. The first-order chi connectivity index (χ1) is 12.7. The third-order valence-electron chi connectivity index (χ3n) is 6.16. The summed E-state index contributed by atoms with van der Waals surface area (Å²) < 4.78 is 7.54. The molecule has 4 rings (SSSR count). The Hall–Kier alpha value is -0.750. The average Bonchev–Trinajstić information content (AvgIpc) is 3.29. The van der Waals surface area contributed by atoms with Crippen molar-refractivity contribution in [3.8, 4) is 0 Å². The standard InChI is InChI=1S/C21H27BrN2OS/c22-18-15-26-14-17(18)13-23-11-8-20(19-5-1-4-10-24-19)9-12-25-21(16-20)6-2-3-7-21/h1,4-5,10,14-15,23H,2-3,6-9,11-13,16H2/t20-/m1/s1. The maximum atomic E-state index is 6.33. The van der Waals surface area contributed by atoms with E-state index in [4.69, 9.17) is 9.72 Å². The summed E-state index contributed by atoms with van der Waals surface area (Å²) in [4.78, 5) is 4.78. The smallest absolute Gasteiger partial charge is 0.0691 e. The van der Waals surface area contributed by atoms with Gasteiger partial charge in [-0.05, 0) is 77.7 Å². The highest BCUT2D eigenvalue weighted by Gasteiger charge is 2.48. The summed E-state index contributed by atoms with van der Waals surface area (Å²) in [5.74, 6) is 0. The lowest BCUT2D eigenvalue weighted by atomic mass is 9.68. The molecule has 1 atom stereocenters. The molecule has 0 unspecified atom stereocenters. The minimum Gasteiger partial charge on any atom is -0.375 e. The fourth-order valence-electron chi connectivity index (χ4n) is 4.78. The number of hydrogen-bond donors (Lipinski definition) is 1. The largest absolute Gasteiger partial charge is 0.375 e. The molecule has 26 heavy (non-hydrogen) atoms. The normalized spacial score (nSPS) is 25.0. The molecular weight excluding hydrogens is 408 g/mol. The molecule has 2 aliphatic rings. The molecule has 5 heteroatoms. The zero-order chi connectivity index (χ0) is 17.9. The van der Waals surface area contributed by atoms with Crippen LogP contribution >= 0.6 is 27.3 Å². The summed E-state index contributed by atoms with van der Waals surface area (Å²) in [6, 6.07) is 6.38. The monoisotopic (exact) mass is 434 g/mol. The molecule has 3 heterocycles. The van der Waals surface area contributed by atoms with E-state index in [1.54, 1.807) is 11.3 Å². The van der Waals surface area contributed by atoms with Gasteiger partial charge in [0.05, 0.1) is 5.60 Å². The second-order valence-corrected chi connectivity index (χ2v) is 9.43. The van der Waals surface area contributed by atoms with Crippen molar-refractivity contribution in [3.63, 3.8) is 0 Å². The molecule has 140 valence electrons. The molecule has 2 aromatic rings. The van der Waals surface area contributed by atoms with E-state index in [1.165, 1.54) is 41.4 Å². The first-order valence-electron chi connectivity index (χ1n) is 9.68. The number of pyridine rings is 1. The second kappa shape index (κ2) is 8.09. The van der Waals surface area contributed by atoms with Crippen molar-refractivity contribution in [1.82, 2.24) is 10.3 Å². The quantitative estimate of drug-likeness (QED) is 0.613. The van der Waals surface area contributed by atoms with Gasteiger partial charge in [-0.2, -0.15) is 11.3 Å². The van der Waals surface area contributed by atoms with E-state index in [0.717, 1.165) is 39.0 Å². The molecule has 1 N–H and O–H groups in total. The minimum atomic E-state index is 0.103. The van der Waals surface area contributed by atoms with Gasteiger partial charge in [-0.1, -0.05) is 18.9 Å². The van der Waals surface area contributed by atoms with Gasteiger partial charge in [0.15, 0.2) is 0 Å². The van der Waals surface area contributed by atoms with Crippen molar-refractivity contribution >= 4 is 27.3 Å². The third kappa shape index (κ3) is 3.91. The Balaban J connectivity index is 1.47. The fourth-order valence-corrected chi connectivity index (χ4v) is 6.22. The number of aromatic nitrogens is 1. The van der Waals surface area contributed by atoms with Gasteiger partial charge < -0.3 is 10.1 Å². The zero-order valence-corrected chi connectivity index (χ0v) is 17.6. The summed E-state index contributed by atoms with van der Waals surface area (Å²) in [5, 5.41) is 8.02. The van der Waals surface area contributed by atoms with E-state index in [0.29, 0.717) is 0 Å². The fraction of sp³-hybridized carbons (Fsp3) is 0.571. The lowest BCUT2D eigenvalue weighted by molar-refractivity contribution is -0.104. The van der Waals surface area contributed by atoms with Gasteiger partial charge in [0.1, 0.15) is 0 Å². The molecule has 0 aromatic carbocycles. The van der Waals surface area contributed by atoms with Gasteiger partial charge in [0.25, 0.3) is 0 Å². The van der Waals surface area contributed by atoms with Crippen LogP contribution in [0.3, 0.4) is 0 Å². The predicted octanol–water partition coefficient (Wildman–Crippen LogP) is 5.45. The summed E-state index contributed by atoms with van der Waals surface area (Å²) in [6.45, 7) is 2.80. The van der Waals surface area contributed by atoms with Crippen molar-refractivity contribution < 1.29 is 4.74 Å². The average molecular weight is 435 g/mol. The molecule has 1 aliphatic heterocycles. The number of nitrogens with one attached hydrogen (secondary N) is 1. The molecule has 2 fully saturated rings. The van der Waals surface area contributed by atoms with E-state index in [1.807, 2.05) is 12.3 Å². The SMILES string of the molecule is Brc1cscc1CNCC[C@@]1(c2ccccn2)CCOC2(CCCC2)C1. The van der Waals surface area contributed by atoms with Crippen LogP contribution < -0.4 is 5.32 Å². The van der Waals surface area contributed by atoms with Gasteiger partial charge in [0.2, 0.25) is 0 Å². The number of rotatable bonds is 6. The highest BCUT2D eigenvalue weighted by atomic mass is 79.9. The maximum absolute atomic E-state index is 6.33. The molecule has 1 saturated heterocycles. The number of halogens is 1. The van der Waals surface area contributed by atoms with Gasteiger partial charge in [-0.15, -0.1) is 0 Å². The molecule has 0 bridgehead atoms. The Kier molecular flexibility index (Phi) is 5.79. The Bertz CT molecular complexity index is 714. The summed E-state index contributed by atoms with van der Waals surface area (Å²) in [7, 11) is 0. The van der Waals surface area contributed by atoms with E-state index < -0.39 is 0 Å². The van der Waals surface area contributed by atoms with Crippen LogP contribution in [0, 0.1) is 0 Å². The van der Waals surface area contributed by atoms with E-state index in [2.05, 4.69) is 44.1 Å². The van der Waals surface area contributed by atoms with Crippen LogP contribution in [0.5, 0.6) is 0 Å². The first-order valence-corrected chi connectivity index (χ1v) is 11.4. The van der Waals surface area contributed by atoms with Gasteiger partial charge in [-0.3, -0.25) is 4.98 Å². The molecule has 1 aliphatic carbocycles. The van der Waals surface area contributed by atoms with Crippen molar-refractivity contribution in [2.75, 3.05) is 13.2 Å². The van der Waals surface area contributed by atoms with Crippen LogP contribution in [-0.2, 0) is 16.7 Å². The molecule has 0 amide bonds. The van der Waals surface area contributed by atoms with Crippen molar-refractivity contribution in [1.29, 1.82) is 0 Å². The second-order valence-electron chi connectivity index (χ2n) is 7.83. The highest BCUT2D eigenvalue weighted by molar-refractivity contribution is 9.10. The first kappa shape index (κ1) is 18.6. The zero-order valence-electron chi connectivity index (χ0n) is 15.2. The third-order valence-corrected chi connectivity index (χ3v) is 7.99. The number of nitrogens with zero attached hydrogens (tertiary/aromatic N) is 1. The lowest BCUT2D eigenvalue weighted by Crippen LogP contribution is -2.47. The molecule has 3 nitrogen and oxygen atoms in total. The number of ether oxygens (including phenoxy) is 1. The summed E-state index contributed by atoms with van der Waals surface area (Å²) in [5.41, 5.74) is 2.85. The van der Waals surface area contributed by atoms with Crippen LogP contribution in [0.25, 0.3) is 0 Å². The summed E-state index contributed by atoms with van der Waals surface area (Å²) in [6.07, 6.45) is 10.3. The topological polar surface area (TPSA) is 34.2 Å². The van der Waals surface area contributed by atoms with E-state index in [9.17, 15) is 0 Å². The Morgan fingerprint density at radius 2 is 2.08 bits per heavy atom. The molecule has 2 aromatic heterocycles. The van der Waals surface area contributed by atoms with Crippen LogP contribution in [0.4, 0.5) is 0 Å².